The molecule has 0 bridgehead atoms. The SMILES string of the molecule is O=C(Nc1cc(F)ccc1F)N1CCN(c2ccc(N3CCCCC3)nn2)CC1. The van der Waals surface area contributed by atoms with Crippen molar-refractivity contribution in [3.8, 4) is 0 Å². The Morgan fingerprint density at radius 3 is 2.07 bits per heavy atom. The molecule has 2 aromatic rings. The van der Waals surface area contributed by atoms with Crippen LogP contribution in [-0.2, 0) is 0 Å². The molecule has 3 heterocycles. The Bertz CT molecular complexity index is 849. The summed E-state index contributed by atoms with van der Waals surface area (Å²) in [6.45, 7) is 4.14. The Morgan fingerprint density at radius 1 is 0.828 bits per heavy atom. The second-order valence-electron chi connectivity index (χ2n) is 7.33. The zero-order valence-corrected chi connectivity index (χ0v) is 16.2. The molecule has 1 aromatic heterocycles. The summed E-state index contributed by atoms with van der Waals surface area (Å²) in [5.74, 6) is 0.422. The van der Waals surface area contributed by atoms with Gasteiger partial charge < -0.3 is 20.0 Å². The van der Waals surface area contributed by atoms with Crippen LogP contribution in [-0.4, -0.2) is 60.4 Å². The van der Waals surface area contributed by atoms with Crippen LogP contribution >= 0.6 is 0 Å². The van der Waals surface area contributed by atoms with Gasteiger partial charge in [0.1, 0.15) is 11.6 Å². The van der Waals surface area contributed by atoms with Gasteiger partial charge in [-0.3, -0.25) is 0 Å². The van der Waals surface area contributed by atoms with E-state index >= 15 is 0 Å². The van der Waals surface area contributed by atoms with Crippen molar-refractivity contribution in [1.29, 1.82) is 0 Å². The number of hydrogen-bond donors (Lipinski definition) is 1. The van der Waals surface area contributed by atoms with Crippen molar-refractivity contribution in [2.24, 2.45) is 0 Å². The predicted octanol–water partition coefficient (Wildman–Crippen LogP) is 3.10. The Labute approximate surface area is 168 Å². The van der Waals surface area contributed by atoms with Crippen molar-refractivity contribution in [2.45, 2.75) is 19.3 Å². The van der Waals surface area contributed by atoms with Crippen LogP contribution in [0.25, 0.3) is 0 Å². The first-order valence-corrected chi connectivity index (χ1v) is 9.95. The first-order chi connectivity index (χ1) is 14.1. The third-order valence-electron chi connectivity index (χ3n) is 5.38. The van der Waals surface area contributed by atoms with Gasteiger partial charge in [0.15, 0.2) is 11.6 Å². The van der Waals surface area contributed by atoms with Gasteiger partial charge in [-0.05, 0) is 43.5 Å². The molecular formula is C20H24F2N6O. The van der Waals surface area contributed by atoms with Gasteiger partial charge in [0.05, 0.1) is 5.69 Å². The molecule has 154 valence electrons. The van der Waals surface area contributed by atoms with E-state index in [2.05, 4.69) is 25.3 Å². The molecule has 0 aliphatic carbocycles. The molecule has 1 N–H and O–H groups in total. The van der Waals surface area contributed by atoms with E-state index in [0.29, 0.717) is 26.2 Å². The number of rotatable bonds is 3. The average molecular weight is 402 g/mol. The van der Waals surface area contributed by atoms with E-state index in [1.807, 2.05) is 12.1 Å². The first kappa shape index (κ1) is 19.4. The van der Waals surface area contributed by atoms with Crippen molar-refractivity contribution in [2.75, 3.05) is 54.4 Å². The highest BCUT2D eigenvalue weighted by molar-refractivity contribution is 5.89. The Balaban J connectivity index is 1.32. The van der Waals surface area contributed by atoms with Crippen LogP contribution in [0.3, 0.4) is 0 Å². The number of nitrogens with one attached hydrogen (secondary N) is 1. The minimum atomic E-state index is -0.664. The lowest BCUT2D eigenvalue weighted by Gasteiger charge is -2.35. The number of piperazine rings is 1. The molecule has 2 fully saturated rings. The molecule has 2 amide bonds. The molecule has 9 heteroatoms. The zero-order valence-electron chi connectivity index (χ0n) is 16.2. The standard InChI is InChI=1S/C20H24F2N6O/c21-15-4-5-16(22)17(14-15)23-20(29)28-12-10-27(11-13-28)19-7-6-18(24-25-19)26-8-2-1-3-9-26/h4-7,14H,1-3,8-13H2,(H,23,29). The highest BCUT2D eigenvalue weighted by atomic mass is 19.1. The maximum absolute atomic E-state index is 13.7. The predicted molar refractivity (Wildman–Crippen MR) is 107 cm³/mol. The van der Waals surface area contributed by atoms with Gasteiger partial charge in [0.2, 0.25) is 0 Å². The van der Waals surface area contributed by atoms with Crippen molar-refractivity contribution in [3.05, 3.63) is 42.0 Å². The minimum Gasteiger partial charge on any atom is -0.355 e. The monoisotopic (exact) mass is 402 g/mol. The van der Waals surface area contributed by atoms with Gasteiger partial charge in [0, 0.05) is 45.3 Å². The highest BCUT2D eigenvalue weighted by Gasteiger charge is 2.23. The van der Waals surface area contributed by atoms with Crippen LogP contribution in [0, 0.1) is 11.6 Å². The quantitative estimate of drug-likeness (QED) is 0.855. The number of amides is 2. The number of piperidine rings is 1. The fourth-order valence-electron chi connectivity index (χ4n) is 3.70. The summed E-state index contributed by atoms with van der Waals surface area (Å²) in [5, 5.41) is 11.2. The number of benzene rings is 1. The molecule has 2 saturated heterocycles. The zero-order chi connectivity index (χ0) is 20.2. The summed E-state index contributed by atoms with van der Waals surface area (Å²) in [4.78, 5) is 18.3. The molecule has 0 saturated carbocycles. The fraction of sp³-hybridized carbons (Fsp3) is 0.450. The smallest absolute Gasteiger partial charge is 0.322 e. The van der Waals surface area contributed by atoms with Crippen molar-refractivity contribution < 1.29 is 13.6 Å². The Morgan fingerprint density at radius 2 is 1.45 bits per heavy atom. The van der Waals surface area contributed by atoms with Crippen LogP contribution in [0.4, 0.5) is 30.9 Å². The molecule has 1 aromatic carbocycles. The van der Waals surface area contributed by atoms with Gasteiger partial charge in [0.25, 0.3) is 0 Å². The minimum absolute atomic E-state index is 0.156. The molecule has 0 spiro atoms. The highest BCUT2D eigenvalue weighted by Crippen LogP contribution is 2.20. The molecule has 2 aliphatic heterocycles. The number of hydrogen-bond acceptors (Lipinski definition) is 5. The number of nitrogens with zero attached hydrogens (tertiary/aromatic N) is 5. The summed E-state index contributed by atoms with van der Waals surface area (Å²) in [6.07, 6.45) is 3.64. The number of carbonyl (C=O) groups is 1. The lowest BCUT2D eigenvalue weighted by molar-refractivity contribution is 0.208. The Hall–Kier alpha value is -2.97. The molecular weight excluding hydrogens is 378 g/mol. The fourth-order valence-corrected chi connectivity index (χ4v) is 3.70. The lowest BCUT2D eigenvalue weighted by Crippen LogP contribution is -2.50. The van der Waals surface area contributed by atoms with Crippen LogP contribution in [0.1, 0.15) is 19.3 Å². The van der Waals surface area contributed by atoms with E-state index in [1.165, 1.54) is 19.3 Å². The average Bonchev–Trinajstić information content (AvgIpc) is 2.77. The molecule has 0 radical (unpaired) electrons. The Kier molecular flexibility index (Phi) is 5.73. The van der Waals surface area contributed by atoms with Gasteiger partial charge in [-0.2, -0.15) is 0 Å². The van der Waals surface area contributed by atoms with E-state index in [9.17, 15) is 13.6 Å². The van der Waals surface area contributed by atoms with Gasteiger partial charge in [-0.1, -0.05) is 0 Å². The van der Waals surface area contributed by atoms with E-state index < -0.39 is 17.7 Å². The summed E-state index contributed by atoms with van der Waals surface area (Å²) in [6, 6.07) is 6.51. The number of aromatic nitrogens is 2. The van der Waals surface area contributed by atoms with Crippen LogP contribution in [0.5, 0.6) is 0 Å². The van der Waals surface area contributed by atoms with Gasteiger partial charge in [-0.15, -0.1) is 10.2 Å². The third-order valence-corrected chi connectivity index (χ3v) is 5.38. The number of halogens is 2. The van der Waals surface area contributed by atoms with Crippen LogP contribution in [0.15, 0.2) is 30.3 Å². The maximum Gasteiger partial charge on any atom is 0.322 e. The topological polar surface area (TPSA) is 64.6 Å². The molecule has 0 unspecified atom stereocenters. The van der Waals surface area contributed by atoms with E-state index in [-0.39, 0.29) is 5.69 Å². The molecule has 4 rings (SSSR count). The second-order valence-corrected chi connectivity index (χ2v) is 7.33. The number of urea groups is 1. The third kappa shape index (κ3) is 4.55. The molecule has 2 aliphatic rings. The molecule has 0 atom stereocenters. The van der Waals surface area contributed by atoms with E-state index in [0.717, 1.165) is 42.9 Å². The summed E-state index contributed by atoms with van der Waals surface area (Å²) >= 11 is 0. The summed E-state index contributed by atoms with van der Waals surface area (Å²) in [7, 11) is 0. The van der Waals surface area contributed by atoms with Crippen LogP contribution in [0.2, 0.25) is 0 Å². The van der Waals surface area contributed by atoms with E-state index in [4.69, 9.17) is 0 Å². The molecule has 7 nitrogen and oxygen atoms in total. The summed E-state index contributed by atoms with van der Waals surface area (Å²) in [5.41, 5.74) is -0.156. The number of anilines is 3. The van der Waals surface area contributed by atoms with Gasteiger partial charge >= 0.3 is 6.03 Å². The number of carbonyl (C=O) groups excluding carboxylic acids is 1. The van der Waals surface area contributed by atoms with Crippen molar-refractivity contribution in [1.82, 2.24) is 15.1 Å². The largest absolute Gasteiger partial charge is 0.355 e. The van der Waals surface area contributed by atoms with Gasteiger partial charge in [-0.25, -0.2) is 13.6 Å². The molecule has 29 heavy (non-hydrogen) atoms. The van der Waals surface area contributed by atoms with Crippen LogP contribution < -0.4 is 15.1 Å². The van der Waals surface area contributed by atoms with Crippen molar-refractivity contribution in [3.63, 3.8) is 0 Å². The van der Waals surface area contributed by atoms with E-state index in [1.54, 1.807) is 4.90 Å². The second kappa shape index (κ2) is 8.59. The maximum atomic E-state index is 13.7. The van der Waals surface area contributed by atoms with Crippen molar-refractivity contribution >= 4 is 23.4 Å². The lowest BCUT2D eigenvalue weighted by atomic mass is 10.1. The summed E-state index contributed by atoms with van der Waals surface area (Å²) < 4.78 is 27.0. The first-order valence-electron chi connectivity index (χ1n) is 9.95. The normalized spacial score (nSPS) is 17.4.